The number of hydrogen-bond donors (Lipinski definition) is 2. The van der Waals surface area contributed by atoms with Gasteiger partial charge in [0.2, 0.25) is 0 Å². The van der Waals surface area contributed by atoms with Crippen LogP contribution in [0.25, 0.3) is 0 Å². The average Bonchev–Trinajstić information content (AvgIpc) is 2.74. The number of aromatic amines is 1. The van der Waals surface area contributed by atoms with Crippen molar-refractivity contribution in [3.8, 4) is 11.5 Å². The summed E-state index contributed by atoms with van der Waals surface area (Å²) in [6.07, 6.45) is 3.36. The Bertz CT molecular complexity index is 919. The molecule has 8 nitrogen and oxygen atoms in total. The molecule has 0 aliphatic rings. The third kappa shape index (κ3) is 7.08. The van der Waals surface area contributed by atoms with Crippen molar-refractivity contribution in [2.45, 2.75) is 53.0 Å². The molecular formula is C23H36N4O4. The first-order valence-electron chi connectivity index (χ1n) is 11.0. The summed E-state index contributed by atoms with van der Waals surface area (Å²) in [5, 5.41) is 0. The van der Waals surface area contributed by atoms with Gasteiger partial charge in [-0.2, -0.15) is 0 Å². The smallest absolute Gasteiger partial charge is 0.330 e. The molecule has 0 aliphatic carbocycles. The topological polar surface area (TPSA) is 103 Å². The largest absolute Gasteiger partial charge is 0.497 e. The molecule has 0 atom stereocenters. The van der Waals surface area contributed by atoms with E-state index < -0.39 is 11.2 Å². The predicted octanol–water partition coefficient (Wildman–Crippen LogP) is 3.25. The third-order valence-corrected chi connectivity index (χ3v) is 5.14. The van der Waals surface area contributed by atoms with Crippen LogP contribution in [0, 0.1) is 5.92 Å². The molecule has 8 heteroatoms. The normalized spacial score (nSPS) is 11.0. The van der Waals surface area contributed by atoms with E-state index in [1.807, 2.05) is 36.1 Å². The number of benzene rings is 1. The van der Waals surface area contributed by atoms with Crippen LogP contribution in [0.1, 0.15) is 46.5 Å². The second kappa shape index (κ2) is 12.1. The standard InChI is InChI=1S/C23H36N4O4/c1-5-6-14-27-21(24)20(22(28)25-23(27)29)26(15-12-17(2)3)13-7-16-31-19-10-8-18(30-4)9-11-19/h8-11,17H,5-7,12-16,24H2,1-4H3,(H,25,28,29). The van der Waals surface area contributed by atoms with Crippen LogP contribution >= 0.6 is 0 Å². The Morgan fingerprint density at radius 2 is 1.77 bits per heavy atom. The highest BCUT2D eigenvalue weighted by Gasteiger charge is 2.19. The molecule has 1 aromatic heterocycles. The molecule has 1 aromatic carbocycles. The van der Waals surface area contributed by atoms with Crippen LogP contribution in [-0.4, -0.2) is 36.4 Å². The average molecular weight is 433 g/mol. The van der Waals surface area contributed by atoms with Gasteiger partial charge in [0, 0.05) is 19.6 Å². The van der Waals surface area contributed by atoms with E-state index in [0.717, 1.165) is 30.8 Å². The molecule has 2 rings (SSSR count). The summed E-state index contributed by atoms with van der Waals surface area (Å²) in [6, 6.07) is 7.43. The lowest BCUT2D eigenvalue weighted by atomic mass is 10.1. The first kappa shape index (κ1) is 24.4. The Hall–Kier alpha value is -2.90. The number of nitrogens with one attached hydrogen (secondary N) is 1. The van der Waals surface area contributed by atoms with Crippen molar-refractivity contribution in [2.24, 2.45) is 5.92 Å². The summed E-state index contributed by atoms with van der Waals surface area (Å²) in [7, 11) is 1.63. The first-order chi connectivity index (χ1) is 14.9. The number of unbranched alkanes of at least 4 members (excludes halogenated alkanes) is 1. The van der Waals surface area contributed by atoms with E-state index in [2.05, 4.69) is 18.8 Å². The maximum absolute atomic E-state index is 12.7. The predicted molar refractivity (Wildman–Crippen MR) is 125 cm³/mol. The van der Waals surface area contributed by atoms with E-state index in [1.165, 1.54) is 4.57 Å². The molecule has 0 saturated heterocycles. The zero-order valence-corrected chi connectivity index (χ0v) is 19.1. The van der Waals surface area contributed by atoms with Gasteiger partial charge in [-0.1, -0.05) is 27.2 Å². The lowest BCUT2D eigenvalue weighted by Gasteiger charge is -2.27. The van der Waals surface area contributed by atoms with Gasteiger partial charge < -0.3 is 20.1 Å². The van der Waals surface area contributed by atoms with Crippen LogP contribution in [0.4, 0.5) is 11.5 Å². The fourth-order valence-electron chi connectivity index (χ4n) is 3.29. The maximum atomic E-state index is 12.7. The molecule has 0 fully saturated rings. The molecule has 0 bridgehead atoms. The Labute approximate surface area is 184 Å². The minimum Gasteiger partial charge on any atom is -0.497 e. The summed E-state index contributed by atoms with van der Waals surface area (Å²) in [4.78, 5) is 29.3. The van der Waals surface area contributed by atoms with Crippen LogP contribution < -0.4 is 31.4 Å². The summed E-state index contributed by atoms with van der Waals surface area (Å²) in [5.74, 6) is 2.26. The number of nitrogens with zero attached hydrogens (tertiary/aromatic N) is 2. The second-order valence-corrected chi connectivity index (χ2v) is 8.05. The lowest BCUT2D eigenvalue weighted by molar-refractivity contribution is 0.310. The van der Waals surface area contributed by atoms with Gasteiger partial charge >= 0.3 is 5.69 Å². The van der Waals surface area contributed by atoms with Crippen LogP contribution in [0.5, 0.6) is 11.5 Å². The number of nitrogens with two attached hydrogens (primary N) is 1. The van der Waals surface area contributed by atoms with Crippen molar-refractivity contribution in [3.05, 3.63) is 45.1 Å². The molecule has 0 radical (unpaired) electrons. The van der Waals surface area contributed by atoms with Gasteiger partial charge in [0.25, 0.3) is 5.56 Å². The van der Waals surface area contributed by atoms with Gasteiger partial charge in [-0.15, -0.1) is 0 Å². The van der Waals surface area contributed by atoms with Gasteiger partial charge in [0.15, 0.2) is 0 Å². The Morgan fingerprint density at radius 3 is 2.39 bits per heavy atom. The van der Waals surface area contributed by atoms with E-state index in [-0.39, 0.29) is 5.82 Å². The van der Waals surface area contributed by atoms with Crippen molar-refractivity contribution in [1.82, 2.24) is 9.55 Å². The summed E-state index contributed by atoms with van der Waals surface area (Å²) in [5.41, 5.74) is 5.80. The summed E-state index contributed by atoms with van der Waals surface area (Å²) >= 11 is 0. The monoisotopic (exact) mass is 432 g/mol. The van der Waals surface area contributed by atoms with Crippen molar-refractivity contribution in [1.29, 1.82) is 0 Å². The fourth-order valence-corrected chi connectivity index (χ4v) is 3.29. The maximum Gasteiger partial charge on any atom is 0.330 e. The molecular weight excluding hydrogens is 396 g/mol. The molecule has 0 saturated carbocycles. The first-order valence-corrected chi connectivity index (χ1v) is 11.0. The second-order valence-electron chi connectivity index (χ2n) is 8.05. The van der Waals surface area contributed by atoms with Crippen LogP contribution in [0.2, 0.25) is 0 Å². The lowest BCUT2D eigenvalue weighted by Crippen LogP contribution is -2.39. The zero-order valence-electron chi connectivity index (χ0n) is 19.1. The molecule has 172 valence electrons. The Kier molecular flexibility index (Phi) is 9.49. The minimum atomic E-state index is -0.452. The van der Waals surface area contributed by atoms with Gasteiger partial charge in [-0.25, -0.2) is 4.79 Å². The molecule has 1 heterocycles. The van der Waals surface area contributed by atoms with Gasteiger partial charge in [0.05, 0.1) is 13.7 Å². The number of H-pyrrole nitrogens is 1. The SMILES string of the molecule is CCCCn1c(N)c(N(CCCOc2ccc(OC)cc2)CCC(C)C)c(=O)[nH]c1=O. The number of aromatic nitrogens is 2. The molecule has 0 unspecified atom stereocenters. The molecule has 3 N–H and O–H groups in total. The minimum absolute atomic E-state index is 0.238. The number of methoxy groups -OCH3 is 1. The van der Waals surface area contributed by atoms with E-state index in [4.69, 9.17) is 15.2 Å². The fraction of sp³-hybridized carbons (Fsp3) is 0.565. The van der Waals surface area contributed by atoms with Gasteiger partial charge in [0.1, 0.15) is 23.0 Å². The quantitative estimate of drug-likeness (QED) is 0.471. The van der Waals surface area contributed by atoms with Gasteiger partial charge in [-0.05, 0) is 49.4 Å². The van der Waals surface area contributed by atoms with Crippen molar-refractivity contribution < 1.29 is 9.47 Å². The van der Waals surface area contributed by atoms with Crippen molar-refractivity contribution >= 4 is 11.5 Å². The summed E-state index contributed by atoms with van der Waals surface area (Å²) in [6.45, 7) is 8.59. The summed E-state index contributed by atoms with van der Waals surface area (Å²) < 4.78 is 12.4. The number of hydrogen-bond acceptors (Lipinski definition) is 6. The number of rotatable bonds is 13. The molecule has 31 heavy (non-hydrogen) atoms. The number of nitrogen functional groups attached to an aromatic ring is 1. The highest BCUT2D eigenvalue weighted by atomic mass is 16.5. The zero-order chi connectivity index (χ0) is 22.8. The molecule has 0 amide bonds. The Morgan fingerprint density at radius 1 is 1.10 bits per heavy atom. The van der Waals surface area contributed by atoms with E-state index in [9.17, 15) is 9.59 Å². The van der Waals surface area contributed by atoms with E-state index >= 15 is 0 Å². The van der Waals surface area contributed by atoms with Crippen LogP contribution in [-0.2, 0) is 6.54 Å². The highest BCUT2D eigenvalue weighted by Crippen LogP contribution is 2.20. The Balaban J connectivity index is 2.13. The molecule has 2 aromatic rings. The van der Waals surface area contributed by atoms with Crippen molar-refractivity contribution in [3.63, 3.8) is 0 Å². The van der Waals surface area contributed by atoms with E-state index in [1.54, 1.807) is 7.11 Å². The third-order valence-electron chi connectivity index (χ3n) is 5.14. The highest BCUT2D eigenvalue weighted by molar-refractivity contribution is 5.62. The molecule has 0 spiro atoms. The van der Waals surface area contributed by atoms with Gasteiger partial charge in [-0.3, -0.25) is 14.3 Å². The van der Waals surface area contributed by atoms with Crippen LogP contribution in [0.15, 0.2) is 33.9 Å². The number of anilines is 2. The molecule has 0 aliphatic heterocycles. The van der Waals surface area contributed by atoms with Crippen LogP contribution in [0.3, 0.4) is 0 Å². The van der Waals surface area contributed by atoms with Crippen molar-refractivity contribution in [2.75, 3.05) is 37.4 Å². The van der Waals surface area contributed by atoms with E-state index in [0.29, 0.717) is 44.3 Å². The number of ether oxygens (including phenoxy) is 2.